The molecule has 2 aromatic heterocycles. The van der Waals surface area contributed by atoms with E-state index in [4.69, 9.17) is 0 Å². The van der Waals surface area contributed by atoms with Crippen LogP contribution in [0.3, 0.4) is 0 Å². The lowest BCUT2D eigenvalue weighted by Gasteiger charge is -2.09. The lowest BCUT2D eigenvalue weighted by Crippen LogP contribution is -2.04. The molecule has 3 aromatic carbocycles. The maximum absolute atomic E-state index is 14.6. The number of nitrogens with zero attached hydrogens (tertiary/aromatic N) is 7. The molecule has 0 saturated heterocycles. The van der Waals surface area contributed by atoms with E-state index in [9.17, 15) is 14.5 Å². The van der Waals surface area contributed by atoms with E-state index >= 15 is 0 Å². The summed E-state index contributed by atoms with van der Waals surface area (Å²) in [6.45, 7) is 0.291. The smallest absolute Gasteiger partial charge is 0.258 e. The van der Waals surface area contributed by atoms with Crippen LogP contribution in [0.5, 0.6) is 0 Å². The molecule has 0 amide bonds. The summed E-state index contributed by atoms with van der Waals surface area (Å²) in [6.07, 6.45) is 1.60. The van der Waals surface area contributed by atoms with Crippen LogP contribution in [0.2, 0.25) is 0 Å². The Hall–Kier alpha value is -4.38. The quantitative estimate of drug-likeness (QED) is 0.174. The van der Waals surface area contributed by atoms with Crippen molar-refractivity contribution < 1.29 is 9.31 Å². The number of halogens is 1. The standard InChI is InChI=1S/C24H18FN7O2S/c25-21-8-4-5-9-22(21)31-24(35-16-18-6-2-1-3-7-18)20(14-26-31)23-27-29-30(28-23)15-17-10-12-19(13-11-17)32(33)34/h1-14H,15-16H2. The Morgan fingerprint density at radius 2 is 1.69 bits per heavy atom. The van der Waals surface area contributed by atoms with Crippen LogP contribution in [0, 0.1) is 15.9 Å². The lowest BCUT2D eigenvalue weighted by atomic mass is 10.2. The van der Waals surface area contributed by atoms with Crippen molar-refractivity contribution in [3.05, 3.63) is 112 Å². The second-order valence-electron chi connectivity index (χ2n) is 7.57. The first-order chi connectivity index (χ1) is 17.1. The summed E-state index contributed by atoms with van der Waals surface area (Å²) in [5.74, 6) is 0.605. The molecular formula is C24H18FN7O2S. The van der Waals surface area contributed by atoms with Gasteiger partial charge in [-0.3, -0.25) is 10.1 Å². The number of nitro benzene ring substituents is 1. The van der Waals surface area contributed by atoms with Crippen LogP contribution in [0.1, 0.15) is 11.1 Å². The van der Waals surface area contributed by atoms with Gasteiger partial charge < -0.3 is 0 Å². The number of thioether (sulfide) groups is 1. The average molecular weight is 488 g/mol. The zero-order valence-corrected chi connectivity index (χ0v) is 19.0. The molecule has 2 heterocycles. The number of nitro groups is 1. The number of tetrazole rings is 1. The Bertz CT molecular complexity index is 1470. The van der Waals surface area contributed by atoms with Gasteiger partial charge in [-0.2, -0.15) is 9.90 Å². The first kappa shape index (κ1) is 22.4. The molecule has 0 aliphatic rings. The van der Waals surface area contributed by atoms with Crippen molar-refractivity contribution >= 4 is 17.4 Å². The predicted molar refractivity (Wildman–Crippen MR) is 129 cm³/mol. The van der Waals surface area contributed by atoms with Crippen LogP contribution < -0.4 is 0 Å². The van der Waals surface area contributed by atoms with Gasteiger partial charge in [-0.1, -0.05) is 54.6 Å². The molecule has 35 heavy (non-hydrogen) atoms. The number of benzene rings is 3. The summed E-state index contributed by atoms with van der Waals surface area (Å²) < 4.78 is 16.1. The highest BCUT2D eigenvalue weighted by Gasteiger charge is 2.20. The molecule has 174 valence electrons. The highest BCUT2D eigenvalue weighted by atomic mass is 32.2. The summed E-state index contributed by atoms with van der Waals surface area (Å²) in [6, 6.07) is 22.5. The Morgan fingerprint density at radius 1 is 0.943 bits per heavy atom. The third kappa shape index (κ3) is 4.94. The molecule has 0 spiro atoms. The summed E-state index contributed by atoms with van der Waals surface area (Å²) >= 11 is 1.50. The number of para-hydroxylation sites is 1. The van der Waals surface area contributed by atoms with Gasteiger partial charge in [0.05, 0.1) is 23.2 Å². The van der Waals surface area contributed by atoms with Gasteiger partial charge in [-0.05, 0) is 28.5 Å². The summed E-state index contributed by atoms with van der Waals surface area (Å²) in [4.78, 5) is 11.8. The fourth-order valence-electron chi connectivity index (χ4n) is 3.45. The first-order valence-corrected chi connectivity index (χ1v) is 11.6. The average Bonchev–Trinajstić information content (AvgIpc) is 3.51. The first-order valence-electron chi connectivity index (χ1n) is 10.6. The topological polar surface area (TPSA) is 105 Å². The maximum Gasteiger partial charge on any atom is 0.269 e. The SMILES string of the molecule is O=[N+]([O-])c1ccc(Cn2nnc(-c3cnn(-c4ccccc4F)c3SCc3ccccc3)n2)cc1. The van der Waals surface area contributed by atoms with Crippen LogP contribution in [-0.2, 0) is 12.3 Å². The number of non-ortho nitro benzene ring substituents is 1. The minimum atomic E-state index is -0.447. The van der Waals surface area contributed by atoms with Crippen molar-refractivity contribution in [3.63, 3.8) is 0 Å². The van der Waals surface area contributed by atoms with Gasteiger partial charge in [0, 0.05) is 17.9 Å². The third-order valence-electron chi connectivity index (χ3n) is 5.19. The molecule has 0 saturated carbocycles. The van der Waals surface area contributed by atoms with E-state index in [0.717, 1.165) is 11.1 Å². The zero-order chi connectivity index (χ0) is 24.2. The predicted octanol–water partition coefficient (Wildman–Crippen LogP) is 4.91. The Kier molecular flexibility index (Phi) is 6.31. The Labute approximate surface area is 203 Å². The van der Waals surface area contributed by atoms with E-state index in [1.54, 1.807) is 41.2 Å². The fraction of sp³-hybridized carbons (Fsp3) is 0.0833. The second-order valence-corrected chi connectivity index (χ2v) is 8.53. The molecule has 0 N–H and O–H groups in total. The molecule has 0 atom stereocenters. The second kappa shape index (κ2) is 9.85. The molecule has 0 unspecified atom stereocenters. The van der Waals surface area contributed by atoms with E-state index < -0.39 is 10.7 Å². The van der Waals surface area contributed by atoms with Gasteiger partial charge in [-0.15, -0.1) is 22.0 Å². The molecule has 0 fully saturated rings. The van der Waals surface area contributed by atoms with Crippen molar-refractivity contribution in [2.75, 3.05) is 0 Å². The molecule has 9 nitrogen and oxygen atoms in total. The van der Waals surface area contributed by atoms with Gasteiger partial charge in [0.2, 0.25) is 5.82 Å². The lowest BCUT2D eigenvalue weighted by molar-refractivity contribution is -0.384. The van der Waals surface area contributed by atoms with Gasteiger partial charge in [0.25, 0.3) is 5.69 Å². The Morgan fingerprint density at radius 3 is 2.43 bits per heavy atom. The number of rotatable bonds is 8. The van der Waals surface area contributed by atoms with Gasteiger partial charge in [0.15, 0.2) is 0 Å². The molecule has 11 heteroatoms. The van der Waals surface area contributed by atoms with E-state index in [1.165, 1.54) is 34.8 Å². The van der Waals surface area contributed by atoms with Crippen LogP contribution in [0.25, 0.3) is 17.1 Å². The normalized spacial score (nSPS) is 11.0. The monoisotopic (exact) mass is 487 g/mol. The third-order valence-corrected chi connectivity index (χ3v) is 6.33. The minimum Gasteiger partial charge on any atom is -0.258 e. The number of aromatic nitrogens is 6. The fourth-order valence-corrected chi connectivity index (χ4v) is 4.52. The van der Waals surface area contributed by atoms with Crippen LogP contribution in [0.4, 0.5) is 10.1 Å². The van der Waals surface area contributed by atoms with Gasteiger partial charge in [-0.25, -0.2) is 9.07 Å². The van der Waals surface area contributed by atoms with Crippen LogP contribution >= 0.6 is 11.8 Å². The maximum atomic E-state index is 14.6. The molecule has 0 aliphatic heterocycles. The zero-order valence-electron chi connectivity index (χ0n) is 18.2. The van der Waals surface area contributed by atoms with E-state index in [0.29, 0.717) is 34.4 Å². The molecule has 0 bridgehead atoms. The molecule has 0 aliphatic carbocycles. The summed E-state index contributed by atoms with van der Waals surface area (Å²) in [7, 11) is 0. The molecular weight excluding hydrogens is 469 g/mol. The van der Waals surface area contributed by atoms with Gasteiger partial charge in [0.1, 0.15) is 16.5 Å². The summed E-state index contributed by atoms with van der Waals surface area (Å²) in [5, 5.41) is 28.8. The van der Waals surface area contributed by atoms with Crippen LogP contribution in [-0.4, -0.2) is 34.9 Å². The minimum absolute atomic E-state index is 0.0154. The molecule has 5 rings (SSSR count). The molecule has 5 aromatic rings. The van der Waals surface area contributed by atoms with E-state index in [2.05, 4.69) is 20.5 Å². The van der Waals surface area contributed by atoms with Crippen molar-refractivity contribution in [1.29, 1.82) is 0 Å². The highest BCUT2D eigenvalue weighted by Crippen LogP contribution is 2.34. The Balaban J connectivity index is 1.45. The van der Waals surface area contributed by atoms with Crippen molar-refractivity contribution in [2.45, 2.75) is 17.3 Å². The largest absolute Gasteiger partial charge is 0.269 e. The number of hydrogen-bond acceptors (Lipinski definition) is 7. The van der Waals surface area contributed by atoms with Crippen molar-refractivity contribution in [2.24, 2.45) is 0 Å². The summed E-state index contributed by atoms with van der Waals surface area (Å²) in [5.41, 5.74) is 2.87. The number of hydrogen-bond donors (Lipinski definition) is 0. The van der Waals surface area contributed by atoms with Crippen LogP contribution in [0.15, 0.2) is 90.1 Å². The van der Waals surface area contributed by atoms with Crippen molar-refractivity contribution in [1.82, 2.24) is 30.0 Å². The van der Waals surface area contributed by atoms with Gasteiger partial charge >= 0.3 is 0 Å². The van der Waals surface area contributed by atoms with E-state index in [1.807, 2.05) is 30.3 Å². The van der Waals surface area contributed by atoms with E-state index in [-0.39, 0.29) is 5.69 Å². The highest BCUT2D eigenvalue weighted by molar-refractivity contribution is 7.98. The van der Waals surface area contributed by atoms with Crippen molar-refractivity contribution in [3.8, 4) is 17.1 Å². The molecule has 0 radical (unpaired) electrons.